The first-order valence-electron chi connectivity index (χ1n) is 7.15. The molecule has 142 valence electrons. The van der Waals surface area contributed by atoms with Crippen molar-refractivity contribution in [3.8, 4) is 5.75 Å². The Morgan fingerprint density at radius 1 is 1.23 bits per heavy atom. The maximum atomic E-state index is 12.5. The fourth-order valence-corrected chi connectivity index (χ4v) is 4.41. The monoisotopic (exact) mass is 409 g/mol. The molecular weight excluding hydrogens is 395 g/mol. The van der Waals surface area contributed by atoms with Crippen molar-refractivity contribution in [1.29, 1.82) is 0 Å². The van der Waals surface area contributed by atoms with E-state index in [0.29, 0.717) is 0 Å². The van der Waals surface area contributed by atoms with E-state index in [1.54, 1.807) is 0 Å². The number of benzene rings is 1. The highest BCUT2D eigenvalue weighted by Gasteiger charge is 2.31. The summed E-state index contributed by atoms with van der Waals surface area (Å²) in [6, 6.07) is 6.48. The van der Waals surface area contributed by atoms with Crippen molar-refractivity contribution in [3.05, 3.63) is 36.4 Å². The molecule has 1 heterocycles. The number of ether oxygens (including phenoxy) is 1. The molecule has 2 rings (SSSR count). The van der Waals surface area contributed by atoms with Crippen molar-refractivity contribution in [2.75, 3.05) is 11.9 Å². The number of halogens is 3. The SMILES string of the molecule is C[C@@H](CO)C(=O)Nc1ccc(S(=O)(=O)c2ccc(OC(F)(F)F)cc2)s1. The standard InChI is InChI=1S/C15H14F3NO5S2/c1-9(8-20)14(21)19-12-6-7-13(25-12)26(22,23)11-4-2-10(3-5-11)24-15(16,17)18/h2-7,9,20H,8H2,1H3,(H,19,21)/t9-/m0/s1. The van der Waals surface area contributed by atoms with Crippen LogP contribution in [0.2, 0.25) is 0 Å². The Hall–Kier alpha value is -2.11. The first-order chi connectivity index (χ1) is 12.0. The number of thiophene rings is 1. The van der Waals surface area contributed by atoms with Crippen molar-refractivity contribution < 1.29 is 36.2 Å². The van der Waals surface area contributed by atoms with Gasteiger partial charge in [-0.15, -0.1) is 24.5 Å². The van der Waals surface area contributed by atoms with Crippen LogP contribution in [0.25, 0.3) is 0 Å². The third kappa shape index (κ3) is 4.96. The number of hydrogen-bond donors (Lipinski definition) is 2. The Kier molecular flexibility index (Phi) is 5.94. The maximum Gasteiger partial charge on any atom is 0.573 e. The van der Waals surface area contributed by atoms with Crippen molar-refractivity contribution in [2.45, 2.75) is 22.4 Å². The molecule has 6 nitrogen and oxygen atoms in total. The van der Waals surface area contributed by atoms with Gasteiger partial charge in [0.25, 0.3) is 0 Å². The maximum absolute atomic E-state index is 12.5. The molecule has 0 bridgehead atoms. The summed E-state index contributed by atoms with van der Waals surface area (Å²) < 4.78 is 65.1. The van der Waals surface area contributed by atoms with E-state index in [1.165, 1.54) is 19.1 Å². The number of aliphatic hydroxyl groups excluding tert-OH is 1. The van der Waals surface area contributed by atoms with Crippen LogP contribution < -0.4 is 10.1 Å². The number of anilines is 1. The molecule has 0 saturated carbocycles. The van der Waals surface area contributed by atoms with Gasteiger partial charge in [0.2, 0.25) is 15.7 Å². The van der Waals surface area contributed by atoms with E-state index in [2.05, 4.69) is 10.1 Å². The van der Waals surface area contributed by atoms with Gasteiger partial charge in [-0.1, -0.05) is 6.92 Å². The van der Waals surface area contributed by atoms with E-state index in [9.17, 15) is 26.4 Å². The minimum Gasteiger partial charge on any atom is -0.406 e. The van der Waals surface area contributed by atoms with Crippen LogP contribution in [-0.4, -0.2) is 32.4 Å². The molecule has 11 heteroatoms. The summed E-state index contributed by atoms with van der Waals surface area (Å²) in [4.78, 5) is 11.5. The molecule has 26 heavy (non-hydrogen) atoms. The number of rotatable bonds is 6. The van der Waals surface area contributed by atoms with E-state index < -0.39 is 33.8 Å². The van der Waals surface area contributed by atoms with Crippen molar-refractivity contribution in [2.24, 2.45) is 5.92 Å². The predicted molar refractivity (Wildman–Crippen MR) is 87.8 cm³/mol. The number of nitrogens with one attached hydrogen (secondary N) is 1. The van der Waals surface area contributed by atoms with E-state index >= 15 is 0 Å². The van der Waals surface area contributed by atoms with Crippen LogP contribution >= 0.6 is 11.3 Å². The zero-order valence-electron chi connectivity index (χ0n) is 13.3. The number of hydrogen-bond acceptors (Lipinski definition) is 6. The lowest BCUT2D eigenvalue weighted by atomic mass is 10.2. The lowest BCUT2D eigenvalue weighted by molar-refractivity contribution is -0.274. The molecule has 0 saturated heterocycles. The van der Waals surface area contributed by atoms with E-state index in [-0.39, 0.29) is 20.7 Å². The minimum absolute atomic E-state index is 0.0889. The fraction of sp³-hybridized carbons (Fsp3) is 0.267. The zero-order valence-corrected chi connectivity index (χ0v) is 14.9. The Bertz CT molecular complexity index is 875. The van der Waals surface area contributed by atoms with Gasteiger partial charge < -0.3 is 15.2 Å². The van der Waals surface area contributed by atoms with Crippen molar-refractivity contribution in [3.63, 3.8) is 0 Å². The average molecular weight is 409 g/mol. The van der Waals surface area contributed by atoms with Gasteiger partial charge in [-0.2, -0.15) is 0 Å². The normalized spacial score (nSPS) is 13.3. The molecule has 1 aromatic heterocycles. The molecule has 0 unspecified atom stereocenters. The molecule has 0 radical (unpaired) electrons. The Morgan fingerprint density at radius 2 is 1.85 bits per heavy atom. The molecule has 0 spiro atoms. The molecule has 0 fully saturated rings. The quantitative estimate of drug-likeness (QED) is 0.765. The van der Waals surface area contributed by atoms with Crippen LogP contribution in [0.5, 0.6) is 5.75 Å². The molecule has 0 aliphatic rings. The third-order valence-electron chi connectivity index (χ3n) is 3.18. The van der Waals surface area contributed by atoms with Gasteiger partial charge in [-0.3, -0.25) is 4.79 Å². The van der Waals surface area contributed by atoms with Gasteiger partial charge in [0, 0.05) is 0 Å². The molecule has 2 aromatic rings. The first-order valence-corrected chi connectivity index (χ1v) is 9.45. The molecule has 1 aromatic carbocycles. The predicted octanol–water partition coefficient (Wildman–Crippen LogP) is 3.05. The van der Waals surface area contributed by atoms with E-state index in [4.69, 9.17) is 5.11 Å². The lowest BCUT2D eigenvalue weighted by Crippen LogP contribution is -2.22. The molecule has 1 atom stereocenters. The summed E-state index contributed by atoms with van der Waals surface area (Å²) in [5, 5.41) is 11.7. The van der Waals surface area contributed by atoms with Crippen LogP contribution in [0.15, 0.2) is 45.5 Å². The number of carbonyl (C=O) groups excluding carboxylic acids is 1. The highest BCUT2D eigenvalue weighted by molar-refractivity contribution is 7.93. The van der Waals surface area contributed by atoms with E-state index in [1.807, 2.05) is 0 Å². The van der Waals surface area contributed by atoms with Crippen molar-refractivity contribution >= 4 is 32.1 Å². The molecule has 0 aliphatic heterocycles. The number of amides is 1. The first kappa shape index (κ1) is 20.2. The Morgan fingerprint density at radius 3 is 2.38 bits per heavy atom. The van der Waals surface area contributed by atoms with Crippen molar-refractivity contribution in [1.82, 2.24) is 0 Å². The number of aliphatic hydroxyl groups is 1. The Labute approximate surface area is 151 Å². The summed E-state index contributed by atoms with van der Waals surface area (Å²) in [6.07, 6.45) is -4.87. The molecular formula is C15H14F3NO5S2. The van der Waals surface area contributed by atoms with Crippen LogP contribution in [0, 0.1) is 5.92 Å². The summed E-state index contributed by atoms with van der Waals surface area (Å²) in [5.74, 6) is -1.65. The summed E-state index contributed by atoms with van der Waals surface area (Å²) in [6.45, 7) is 1.15. The smallest absolute Gasteiger partial charge is 0.406 e. The summed E-state index contributed by atoms with van der Waals surface area (Å²) in [5.41, 5.74) is 0. The number of alkyl halides is 3. The van der Waals surface area contributed by atoms with Gasteiger partial charge in [0.15, 0.2) is 0 Å². The topological polar surface area (TPSA) is 92.7 Å². The average Bonchev–Trinajstić information content (AvgIpc) is 3.02. The van der Waals surface area contributed by atoms with Crippen LogP contribution in [-0.2, 0) is 14.6 Å². The van der Waals surface area contributed by atoms with E-state index in [0.717, 1.165) is 35.6 Å². The highest BCUT2D eigenvalue weighted by Crippen LogP contribution is 2.32. The van der Waals surface area contributed by atoms with Gasteiger partial charge in [0.1, 0.15) is 9.96 Å². The van der Waals surface area contributed by atoms with Crippen LogP contribution in [0.3, 0.4) is 0 Å². The largest absolute Gasteiger partial charge is 0.573 e. The number of carbonyl (C=O) groups is 1. The summed E-state index contributed by atoms with van der Waals surface area (Å²) >= 11 is 0.792. The van der Waals surface area contributed by atoms with Gasteiger partial charge in [-0.25, -0.2) is 8.42 Å². The second kappa shape index (κ2) is 7.64. The van der Waals surface area contributed by atoms with Gasteiger partial charge in [0.05, 0.1) is 22.4 Å². The van der Waals surface area contributed by atoms with Crippen LogP contribution in [0.1, 0.15) is 6.92 Å². The lowest BCUT2D eigenvalue weighted by Gasteiger charge is -2.09. The second-order valence-electron chi connectivity index (χ2n) is 5.21. The highest BCUT2D eigenvalue weighted by atomic mass is 32.2. The Balaban J connectivity index is 2.19. The second-order valence-corrected chi connectivity index (χ2v) is 8.47. The van der Waals surface area contributed by atoms with Gasteiger partial charge in [-0.05, 0) is 36.4 Å². The minimum atomic E-state index is -4.87. The molecule has 2 N–H and O–H groups in total. The molecule has 1 amide bonds. The van der Waals surface area contributed by atoms with Gasteiger partial charge >= 0.3 is 6.36 Å². The summed E-state index contributed by atoms with van der Waals surface area (Å²) in [7, 11) is -3.96. The molecule has 0 aliphatic carbocycles. The fourth-order valence-electron chi connectivity index (χ4n) is 1.80. The van der Waals surface area contributed by atoms with Crippen LogP contribution in [0.4, 0.5) is 18.2 Å². The zero-order chi connectivity index (χ0) is 19.5. The number of sulfone groups is 1. The third-order valence-corrected chi connectivity index (χ3v) is 6.44.